The minimum absolute atomic E-state index is 0.0675. The van der Waals surface area contributed by atoms with E-state index in [2.05, 4.69) is 11.5 Å². The Labute approximate surface area is 77.4 Å². The van der Waals surface area contributed by atoms with Crippen LogP contribution in [0.4, 0.5) is 0 Å². The fourth-order valence-electron chi connectivity index (χ4n) is 1.01. The molecule has 0 bridgehead atoms. The Morgan fingerprint density at radius 1 is 1.69 bits per heavy atom. The van der Waals surface area contributed by atoms with Crippen molar-refractivity contribution in [3.05, 3.63) is 12.2 Å². The standard InChI is InChI=1S/C9H14O4/c1-7(2)9(10)13-12-6-8-4-3-5-11-8/h8H,1,3-6H2,2H3. The summed E-state index contributed by atoms with van der Waals surface area (Å²) in [4.78, 5) is 20.0. The summed E-state index contributed by atoms with van der Waals surface area (Å²) in [5.41, 5.74) is 0.326. The van der Waals surface area contributed by atoms with Gasteiger partial charge in [0, 0.05) is 12.2 Å². The van der Waals surface area contributed by atoms with E-state index in [1.165, 1.54) is 0 Å². The van der Waals surface area contributed by atoms with Gasteiger partial charge in [0.05, 0.1) is 6.10 Å². The van der Waals surface area contributed by atoms with E-state index in [0.29, 0.717) is 12.2 Å². The lowest BCUT2D eigenvalue weighted by Crippen LogP contribution is -2.16. The molecule has 1 saturated heterocycles. The molecular weight excluding hydrogens is 172 g/mol. The number of hydrogen-bond acceptors (Lipinski definition) is 4. The highest BCUT2D eigenvalue weighted by Gasteiger charge is 2.16. The second-order valence-electron chi connectivity index (χ2n) is 3.07. The maximum atomic E-state index is 10.8. The second-order valence-corrected chi connectivity index (χ2v) is 3.07. The molecule has 0 aromatic carbocycles. The molecule has 1 aliphatic heterocycles. The van der Waals surface area contributed by atoms with Crippen LogP contribution in [-0.4, -0.2) is 25.3 Å². The molecule has 0 saturated carbocycles. The number of hydrogen-bond donors (Lipinski definition) is 0. The van der Waals surface area contributed by atoms with Crippen molar-refractivity contribution in [2.75, 3.05) is 13.2 Å². The third-order valence-corrected chi connectivity index (χ3v) is 1.76. The summed E-state index contributed by atoms with van der Waals surface area (Å²) in [6, 6.07) is 0. The quantitative estimate of drug-likeness (QED) is 0.376. The van der Waals surface area contributed by atoms with Crippen LogP contribution >= 0.6 is 0 Å². The van der Waals surface area contributed by atoms with E-state index < -0.39 is 5.97 Å². The molecule has 1 heterocycles. The van der Waals surface area contributed by atoms with Crippen molar-refractivity contribution in [1.82, 2.24) is 0 Å². The highest BCUT2D eigenvalue weighted by molar-refractivity contribution is 5.86. The molecule has 0 amide bonds. The molecule has 0 radical (unpaired) electrons. The lowest BCUT2D eigenvalue weighted by atomic mass is 10.2. The van der Waals surface area contributed by atoms with Crippen molar-refractivity contribution in [3.63, 3.8) is 0 Å². The third-order valence-electron chi connectivity index (χ3n) is 1.76. The fourth-order valence-corrected chi connectivity index (χ4v) is 1.01. The lowest BCUT2D eigenvalue weighted by Gasteiger charge is -2.08. The fraction of sp³-hybridized carbons (Fsp3) is 0.667. The summed E-state index contributed by atoms with van der Waals surface area (Å²) in [7, 11) is 0. The summed E-state index contributed by atoms with van der Waals surface area (Å²) in [6.45, 7) is 6.06. The predicted octanol–water partition coefficient (Wildman–Crippen LogP) is 1.22. The average molecular weight is 186 g/mol. The third kappa shape index (κ3) is 3.57. The van der Waals surface area contributed by atoms with Crippen LogP contribution in [0.3, 0.4) is 0 Å². The molecule has 1 unspecified atom stereocenters. The number of rotatable bonds is 4. The van der Waals surface area contributed by atoms with Gasteiger partial charge in [-0.15, -0.1) is 0 Å². The monoisotopic (exact) mass is 186 g/mol. The largest absolute Gasteiger partial charge is 0.376 e. The van der Waals surface area contributed by atoms with Crippen molar-refractivity contribution in [3.8, 4) is 0 Å². The van der Waals surface area contributed by atoms with Crippen molar-refractivity contribution in [2.24, 2.45) is 0 Å². The summed E-state index contributed by atoms with van der Waals surface area (Å²) in [6.07, 6.45) is 2.07. The Morgan fingerprint density at radius 3 is 3.00 bits per heavy atom. The van der Waals surface area contributed by atoms with E-state index in [0.717, 1.165) is 19.4 Å². The van der Waals surface area contributed by atoms with Gasteiger partial charge in [-0.25, -0.2) is 4.79 Å². The van der Waals surface area contributed by atoms with Gasteiger partial charge < -0.3 is 4.74 Å². The average Bonchev–Trinajstić information content (AvgIpc) is 2.56. The maximum Gasteiger partial charge on any atom is 0.368 e. The Balaban J connectivity index is 2.06. The maximum absolute atomic E-state index is 10.8. The van der Waals surface area contributed by atoms with Gasteiger partial charge in [0.25, 0.3) is 0 Å². The summed E-state index contributed by atoms with van der Waals surface area (Å²) >= 11 is 0. The molecule has 4 heteroatoms. The van der Waals surface area contributed by atoms with Gasteiger partial charge in [-0.05, 0) is 19.8 Å². The molecule has 74 valence electrons. The van der Waals surface area contributed by atoms with Gasteiger partial charge in [0.15, 0.2) is 0 Å². The zero-order valence-corrected chi connectivity index (χ0v) is 7.75. The van der Waals surface area contributed by atoms with Crippen LogP contribution in [-0.2, 0) is 19.3 Å². The SMILES string of the molecule is C=C(C)C(=O)OOCC1CCCO1. The van der Waals surface area contributed by atoms with Crippen LogP contribution in [0.15, 0.2) is 12.2 Å². The van der Waals surface area contributed by atoms with Gasteiger partial charge in [0.2, 0.25) is 0 Å². The van der Waals surface area contributed by atoms with Crippen molar-refractivity contribution in [2.45, 2.75) is 25.9 Å². The first-order valence-corrected chi connectivity index (χ1v) is 4.31. The molecule has 0 spiro atoms. The smallest absolute Gasteiger partial charge is 0.368 e. The van der Waals surface area contributed by atoms with Gasteiger partial charge >= 0.3 is 5.97 Å². The molecule has 4 nitrogen and oxygen atoms in total. The summed E-state index contributed by atoms with van der Waals surface area (Å²) in [5.74, 6) is -0.530. The molecule has 1 fully saturated rings. The van der Waals surface area contributed by atoms with Gasteiger partial charge in [-0.3, -0.25) is 4.89 Å². The van der Waals surface area contributed by atoms with Crippen molar-refractivity contribution >= 4 is 5.97 Å². The van der Waals surface area contributed by atoms with Crippen LogP contribution in [0.5, 0.6) is 0 Å². The molecule has 0 aliphatic carbocycles. The Kier molecular flexibility index (Phi) is 3.92. The van der Waals surface area contributed by atoms with Gasteiger partial charge in [-0.2, -0.15) is 4.89 Å². The molecule has 0 aromatic heterocycles. The van der Waals surface area contributed by atoms with Crippen LogP contribution < -0.4 is 0 Å². The van der Waals surface area contributed by atoms with Crippen molar-refractivity contribution < 1.29 is 19.3 Å². The van der Waals surface area contributed by atoms with Crippen LogP contribution in [0.1, 0.15) is 19.8 Å². The molecule has 13 heavy (non-hydrogen) atoms. The Morgan fingerprint density at radius 2 is 2.46 bits per heavy atom. The molecule has 1 aliphatic rings. The van der Waals surface area contributed by atoms with E-state index in [1.807, 2.05) is 0 Å². The van der Waals surface area contributed by atoms with E-state index in [4.69, 9.17) is 9.62 Å². The first kappa shape index (κ1) is 10.2. The number of ether oxygens (including phenoxy) is 1. The lowest BCUT2D eigenvalue weighted by molar-refractivity contribution is -0.278. The van der Waals surface area contributed by atoms with Crippen LogP contribution in [0, 0.1) is 0 Å². The highest BCUT2D eigenvalue weighted by Crippen LogP contribution is 2.12. The molecule has 0 N–H and O–H groups in total. The van der Waals surface area contributed by atoms with Crippen LogP contribution in [0.25, 0.3) is 0 Å². The first-order chi connectivity index (χ1) is 6.20. The molecule has 0 aromatic rings. The van der Waals surface area contributed by atoms with Gasteiger partial charge in [0.1, 0.15) is 6.61 Å². The Bertz CT molecular complexity index is 194. The number of carbonyl (C=O) groups excluding carboxylic acids is 1. The topological polar surface area (TPSA) is 44.8 Å². The Hall–Kier alpha value is -0.870. The minimum Gasteiger partial charge on any atom is -0.376 e. The highest BCUT2D eigenvalue weighted by atomic mass is 17.2. The van der Waals surface area contributed by atoms with E-state index in [1.54, 1.807) is 6.92 Å². The van der Waals surface area contributed by atoms with Crippen LogP contribution in [0.2, 0.25) is 0 Å². The minimum atomic E-state index is -0.530. The number of carbonyl (C=O) groups is 1. The predicted molar refractivity (Wildman–Crippen MR) is 45.8 cm³/mol. The van der Waals surface area contributed by atoms with E-state index in [9.17, 15) is 4.79 Å². The molecular formula is C9H14O4. The summed E-state index contributed by atoms with van der Waals surface area (Å²) < 4.78 is 5.26. The zero-order chi connectivity index (χ0) is 9.68. The van der Waals surface area contributed by atoms with E-state index in [-0.39, 0.29) is 6.10 Å². The van der Waals surface area contributed by atoms with Gasteiger partial charge in [-0.1, -0.05) is 6.58 Å². The normalized spacial score (nSPS) is 21.5. The molecule has 1 atom stereocenters. The van der Waals surface area contributed by atoms with E-state index >= 15 is 0 Å². The zero-order valence-electron chi connectivity index (χ0n) is 7.75. The summed E-state index contributed by atoms with van der Waals surface area (Å²) in [5, 5.41) is 0. The van der Waals surface area contributed by atoms with Crippen molar-refractivity contribution in [1.29, 1.82) is 0 Å². The second kappa shape index (κ2) is 4.99. The first-order valence-electron chi connectivity index (χ1n) is 4.31. The molecule has 1 rings (SSSR count).